The maximum atomic E-state index is 12.1. The summed E-state index contributed by atoms with van der Waals surface area (Å²) < 4.78 is 5.54. The Bertz CT molecular complexity index is 781. The van der Waals surface area contributed by atoms with Crippen molar-refractivity contribution in [2.75, 3.05) is 13.7 Å². The van der Waals surface area contributed by atoms with E-state index in [1.54, 1.807) is 6.07 Å². The lowest BCUT2D eigenvalue weighted by atomic mass is 10.1. The van der Waals surface area contributed by atoms with Crippen molar-refractivity contribution in [3.05, 3.63) is 34.2 Å². The second-order valence-electron chi connectivity index (χ2n) is 4.22. The molecule has 110 valence electrons. The lowest BCUT2D eigenvalue weighted by Gasteiger charge is -2.10. The fourth-order valence-electron chi connectivity index (χ4n) is 1.87. The number of methoxy groups -OCH3 is 1. The monoisotopic (exact) mass is 291 g/mol. The maximum absolute atomic E-state index is 12.1. The first-order chi connectivity index (χ1) is 9.97. The highest BCUT2D eigenvalue weighted by Crippen LogP contribution is 2.24. The van der Waals surface area contributed by atoms with Crippen LogP contribution < -0.4 is 10.9 Å². The average molecular weight is 291 g/mol. The van der Waals surface area contributed by atoms with E-state index in [9.17, 15) is 19.5 Å². The van der Waals surface area contributed by atoms with Gasteiger partial charge in [0.05, 0.1) is 12.5 Å². The molecule has 0 bridgehead atoms. The van der Waals surface area contributed by atoms with Gasteiger partial charge in [0.1, 0.15) is 23.5 Å². The molecule has 0 atom stereocenters. The van der Waals surface area contributed by atoms with Gasteiger partial charge in [-0.15, -0.1) is 0 Å². The number of ether oxygens (including phenoxy) is 1. The van der Waals surface area contributed by atoms with Crippen molar-refractivity contribution in [3.8, 4) is 5.75 Å². The van der Waals surface area contributed by atoms with E-state index in [0.29, 0.717) is 0 Å². The summed E-state index contributed by atoms with van der Waals surface area (Å²) >= 11 is 0. The number of hydrogen-bond acceptors (Lipinski definition) is 6. The molecule has 0 aliphatic rings. The number of hydrogen-bond donors (Lipinski definition) is 2. The molecule has 2 heterocycles. The molecule has 2 aromatic heterocycles. The van der Waals surface area contributed by atoms with Crippen molar-refractivity contribution in [1.29, 1.82) is 0 Å². The van der Waals surface area contributed by atoms with Crippen molar-refractivity contribution in [2.24, 2.45) is 7.05 Å². The van der Waals surface area contributed by atoms with E-state index >= 15 is 0 Å². The van der Waals surface area contributed by atoms with Gasteiger partial charge < -0.3 is 15.2 Å². The highest BCUT2D eigenvalue weighted by atomic mass is 16.5. The van der Waals surface area contributed by atoms with Crippen molar-refractivity contribution in [2.45, 2.75) is 0 Å². The summed E-state index contributed by atoms with van der Waals surface area (Å²) in [4.78, 5) is 39.1. The summed E-state index contributed by atoms with van der Waals surface area (Å²) in [7, 11) is 2.61. The highest BCUT2D eigenvalue weighted by Gasteiger charge is 2.21. The van der Waals surface area contributed by atoms with Gasteiger partial charge in [-0.2, -0.15) is 0 Å². The van der Waals surface area contributed by atoms with E-state index < -0.39 is 35.3 Å². The Labute approximate surface area is 119 Å². The third-order valence-electron chi connectivity index (χ3n) is 2.96. The average Bonchev–Trinajstić information content (AvgIpc) is 2.50. The maximum Gasteiger partial charge on any atom is 0.325 e. The quantitative estimate of drug-likeness (QED) is 0.740. The number of aryl methyl sites for hydroxylation is 1. The summed E-state index contributed by atoms with van der Waals surface area (Å²) in [6, 6.07) is 3.11. The van der Waals surface area contributed by atoms with Gasteiger partial charge in [0.15, 0.2) is 0 Å². The molecule has 0 spiro atoms. The van der Waals surface area contributed by atoms with Crippen LogP contribution in [-0.4, -0.2) is 40.2 Å². The van der Waals surface area contributed by atoms with Gasteiger partial charge >= 0.3 is 5.97 Å². The first kappa shape index (κ1) is 14.5. The van der Waals surface area contributed by atoms with Crippen molar-refractivity contribution in [3.63, 3.8) is 0 Å². The Morgan fingerprint density at radius 3 is 2.86 bits per heavy atom. The van der Waals surface area contributed by atoms with Crippen LogP contribution in [0.4, 0.5) is 0 Å². The number of esters is 1. The van der Waals surface area contributed by atoms with E-state index in [4.69, 9.17) is 0 Å². The number of aromatic nitrogens is 2. The molecule has 1 amide bonds. The number of rotatable bonds is 3. The first-order valence-electron chi connectivity index (χ1n) is 5.99. The summed E-state index contributed by atoms with van der Waals surface area (Å²) in [6.07, 6.45) is 1.47. The number of pyridine rings is 2. The normalized spacial score (nSPS) is 10.4. The second kappa shape index (κ2) is 5.61. The molecule has 2 aromatic rings. The lowest BCUT2D eigenvalue weighted by Crippen LogP contribution is -2.35. The number of carbonyl (C=O) groups is 2. The Kier molecular flexibility index (Phi) is 3.88. The molecule has 0 radical (unpaired) electrons. The molecule has 0 fully saturated rings. The number of fused-ring (bicyclic) bond motifs is 1. The van der Waals surface area contributed by atoms with Crippen LogP contribution in [0, 0.1) is 0 Å². The summed E-state index contributed by atoms with van der Waals surface area (Å²) in [5, 5.41) is 12.6. The van der Waals surface area contributed by atoms with Crippen LogP contribution in [0.5, 0.6) is 5.75 Å². The SMILES string of the molecule is COC(=O)CNC(=O)c1c(O)c2cccnc2n(C)c1=O. The minimum absolute atomic E-state index is 0.254. The van der Waals surface area contributed by atoms with E-state index in [-0.39, 0.29) is 11.0 Å². The topological polar surface area (TPSA) is 111 Å². The van der Waals surface area contributed by atoms with Crippen LogP contribution in [0.1, 0.15) is 10.4 Å². The van der Waals surface area contributed by atoms with Gasteiger partial charge in [0, 0.05) is 13.2 Å². The molecule has 2 rings (SSSR count). The van der Waals surface area contributed by atoms with Gasteiger partial charge in [-0.05, 0) is 12.1 Å². The number of nitrogens with zero attached hydrogens (tertiary/aromatic N) is 2. The fourth-order valence-corrected chi connectivity index (χ4v) is 1.87. The minimum Gasteiger partial charge on any atom is -0.506 e. The summed E-state index contributed by atoms with van der Waals surface area (Å²) in [6.45, 7) is -0.400. The second-order valence-corrected chi connectivity index (χ2v) is 4.22. The molecule has 8 nitrogen and oxygen atoms in total. The molecular formula is C13H13N3O5. The van der Waals surface area contributed by atoms with Crippen molar-refractivity contribution < 1.29 is 19.4 Å². The van der Waals surface area contributed by atoms with E-state index in [1.165, 1.54) is 26.4 Å². The van der Waals surface area contributed by atoms with Gasteiger partial charge in [0.2, 0.25) is 0 Å². The van der Waals surface area contributed by atoms with Crippen LogP contribution in [0.15, 0.2) is 23.1 Å². The molecule has 0 aliphatic carbocycles. The van der Waals surface area contributed by atoms with Gasteiger partial charge in [-0.3, -0.25) is 19.0 Å². The van der Waals surface area contributed by atoms with Crippen molar-refractivity contribution in [1.82, 2.24) is 14.9 Å². The summed E-state index contributed by atoms with van der Waals surface area (Å²) in [5.41, 5.74) is -0.896. The molecule has 2 N–H and O–H groups in total. The van der Waals surface area contributed by atoms with Crippen LogP contribution in [0.2, 0.25) is 0 Å². The fraction of sp³-hybridized carbons (Fsp3) is 0.231. The lowest BCUT2D eigenvalue weighted by molar-refractivity contribution is -0.139. The Morgan fingerprint density at radius 1 is 1.48 bits per heavy atom. The zero-order valence-electron chi connectivity index (χ0n) is 11.4. The molecule has 0 aliphatic heterocycles. The van der Waals surface area contributed by atoms with Crippen LogP contribution >= 0.6 is 0 Å². The molecular weight excluding hydrogens is 278 g/mol. The van der Waals surface area contributed by atoms with Crippen LogP contribution in [0.3, 0.4) is 0 Å². The van der Waals surface area contributed by atoms with Crippen LogP contribution in [-0.2, 0) is 16.6 Å². The number of amides is 1. The smallest absolute Gasteiger partial charge is 0.325 e. The Hall–Kier alpha value is -2.90. The van der Waals surface area contributed by atoms with E-state index in [2.05, 4.69) is 15.0 Å². The van der Waals surface area contributed by atoms with Crippen molar-refractivity contribution >= 4 is 22.9 Å². The molecule has 0 saturated carbocycles. The zero-order valence-corrected chi connectivity index (χ0v) is 11.4. The first-order valence-corrected chi connectivity index (χ1v) is 5.99. The molecule has 8 heteroatoms. The third-order valence-corrected chi connectivity index (χ3v) is 2.96. The third kappa shape index (κ3) is 2.55. The van der Waals surface area contributed by atoms with Crippen LogP contribution in [0.25, 0.3) is 11.0 Å². The molecule has 0 saturated heterocycles. The molecule has 0 aromatic carbocycles. The van der Waals surface area contributed by atoms with E-state index in [1.807, 2.05) is 0 Å². The largest absolute Gasteiger partial charge is 0.506 e. The standard InChI is InChI=1S/C13H13N3O5/c1-16-11-7(4-3-5-14-11)10(18)9(13(16)20)12(19)15-6-8(17)21-2/h3-5,18H,6H2,1-2H3,(H,15,19). The van der Waals surface area contributed by atoms with Gasteiger partial charge in [-0.1, -0.05) is 0 Å². The predicted molar refractivity (Wildman–Crippen MR) is 73.0 cm³/mol. The molecule has 0 unspecified atom stereocenters. The number of nitrogens with one attached hydrogen (secondary N) is 1. The zero-order chi connectivity index (χ0) is 15.6. The van der Waals surface area contributed by atoms with E-state index in [0.717, 1.165) is 4.57 Å². The van der Waals surface area contributed by atoms with Gasteiger partial charge in [-0.25, -0.2) is 4.98 Å². The number of carbonyl (C=O) groups excluding carboxylic acids is 2. The predicted octanol–water partition coefficient (Wildman–Crippen LogP) is -0.458. The molecule has 21 heavy (non-hydrogen) atoms. The minimum atomic E-state index is -0.857. The summed E-state index contributed by atoms with van der Waals surface area (Å²) in [5.74, 6) is -1.99. The Morgan fingerprint density at radius 2 is 2.19 bits per heavy atom. The number of aromatic hydroxyl groups is 1. The highest BCUT2D eigenvalue weighted by molar-refractivity contribution is 6.02. The Balaban J connectivity index is 2.52. The van der Waals surface area contributed by atoms with Gasteiger partial charge in [0.25, 0.3) is 11.5 Å².